The Hall–Kier alpha value is -3.62. The van der Waals surface area contributed by atoms with E-state index in [1.54, 1.807) is 22.9 Å². The topological polar surface area (TPSA) is 95.1 Å². The van der Waals surface area contributed by atoms with Crippen molar-refractivity contribution >= 4 is 0 Å². The van der Waals surface area contributed by atoms with Gasteiger partial charge in [-0.05, 0) is 38.4 Å². The molecule has 1 aliphatic heterocycles. The summed E-state index contributed by atoms with van der Waals surface area (Å²) in [5.74, 6) is 0.555. The van der Waals surface area contributed by atoms with E-state index in [4.69, 9.17) is 14.2 Å². The van der Waals surface area contributed by atoms with Crippen LogP contribution in [0.25, 0.3) is 34.0 Å². The van der Waals surface area contributed by atoms with Gasteiger partial charge in [-0.3, -0.25) is 9.78 Å². The van der Waals surface area contributed by atoms with Crippen LogP contribution >= 0.6 is 0 Å². The van der Waals surface area contributed by atoms with Crippen LogP contribution in [-0.2, 0) is 11.3 Å². The van der Waals surface area contributed by atoms with Crippen LogP contribution in [0.1, 0.15) is 31.6 Å². The number of aryl methyl sites for hydroxylation is 1. The van der Waals surface area contributed by atoms with E-state index >= 15 is 0 Å². The van der Waals surface area contributed by atoms with E-state index in [1.165, 1.54) is 5.56 Å². The Morgan fingerprint density at radius 1 is 1.09 bits per heavy atom. The third kappa shape index (κ3) is 4.55. The number of hydrogen-bond acceptors (Lipinski definition) is 7. The Kier molecular flexibility index (Phi) is 6.33. The van der Waals surface area contributed by atoms with Crippen molar-refractivity contribution in [1.82, 2.24) is 25.0 Å². The molecule has 34 heavy (non-hydrogen) atoms. The minimum Gasteiger partial charge on any atom is -0.381 e. The number of hydrogen-bond donors (Lipinski definition) is 1. The molecule has 1 saturated heterocycles. The van der Waals surface area contributed by atoms with E-state index in [0.29, 0.717) is 30.4 Å². The minimum absolute atomic E-state index is 0. The van der Waals surface area contributed by atoms with Crippen molar-refractivity contribution in [3.8, 4) is 34.0 Å². The van der Waals surface area contributed by atoms with Crippen molar-refractivity contribution in [1.29, 1.82) is 0 Å². The lowest BCUT2D eigenvalue weighted by molar-refractivity contribution is 0.0687. The summed E-state index contributed by atoms with van der Waals surface area (Å²) in [4.78, 5) is 21.9. The Bertz CT molecular complexity index is 1340. The van der Waals surface area contributed by atoms with Gasteiger partial charge < -0.3 is 19.1 Å². The maximum absolute atomic E-state index is 12.5. The molecule has 0 unspecified atom stereocenters. The molecule has 0 saturated carbocycles. The molecule has 0 aliphatic carbocycles. The van der Waals surface area contributed by atoms with Crippen molar-refractivity contribution < 1.29 is 10.7 Å². The highest BCUT2D eigenvalue weighted by atomic mass is 16.5. The molecule has 1 N–H and O–H groups in total. The smallest absolute Gasteiger partial charge is 0.250 e. The lowest BCUT2D eigenvalue weighted by Crippen LogP contribution is -2.28. The number of nitrogens with one attached hydrogen (secondary N) is 1. The Morgan fingerprint density at radius 2 is 1.85 bits per heavy atom. The van der Waals surface area contributed by atoms with Crippen molar-refractivity contribution in [3.05, 3.63) is 76.5 Å². The highest BCUT2D eigenvalue weighted by Crippen LogP contribution is 2.29. The minimum atomic E-state index is -0.0171. The van der Waals surface area contributed by atoms with Gasteiger partial charge in [0.25, 0.3) is 5.56 Å². The standard InChI is InChI=1S/C26H27N5O3.H2/c1-17-26(24-13-22(30-34-24)19-5-3-18(4-6-19)14-27-2)29-23(15-28-17)20-7-8-25(32)31(16-20)21-9-11-33-12-10-21;/h3-8,13,15-16,21,27H,9-12,14H2,1-2H3;1H. The summed E-state index contributed by atoms with van der Waals surface area (Å²) < 4.78 is 12.9. The first kappa shape index (κ1) is 22.2. The van der Waals surface area contributed by atoms with Gasteiger partial charge in [0, 0.05) is 56.7 Å². The lowest BCUT2D eigenvalue weighted by Gasteiger charge is -2.24. The van der Waals surface area contributed by atoms with Crippen LogP contribution in [0, 0.1) is 6.92 Å². The van der Waals surface area contributed by atoms with Crippen molar-refractivity contribution in [2.24, 2.45) is 0 Å². The number of ether oxygens (including phenoxy) is 1. The summed E-state index contributed by atoms with van der Waals surface area (Å²) in [6.07, 6.45) is 5.25. The van der Waals surface area contributed by atoms with E-state index in [-0.39, 0.29) is 13.0 Å². The van der Waals surface area contributed by atoms with E-state index in [9.17, 15) is 4.79 Å². The fourth-order valence-corrected chi connectivity index (χ4v) is 4.25. The fourth-order valence-electron chi connectivity index (χ4n) is 4.25. The lowest BCUT2D eigenvalue weighted by atomic mass is 10.1. The van der Waals surface area contributed by atoms with Crippen LogP contribution in [-0.4, -0.2) is 40.0 Å². The van der Waals surface area contributed by atoms with E-state index < -0.39 is 0 Å². The highest BCUT2D eigenvalue weighted by molar-refractivity contribution is 5.68. The second-order valence-electron chi connectivity index (χ2n) is 8.50. The second-order valence-corrected chi connectivity index (χ2v) is 8.50. The first-order valence-corrected chi connectivity index (χ1v) is 11.5. The third-order valence-corrected chi connectivity index (χ3v) is 6.15. The average Bonchev–Trinajstić information content (AvgIpc) is 3.36. The monoisotopic (exact) mass is 459 g/mol. The predicted molar refractivity (Wildman–Crippen MR) is 131 cm³/mol. The molecule has 8 heteroatoms. The summed E-state index contributed by atoms with van der Waals surface area (Å²) in [6.45, 7) is 4.04. The summed E-state index contributed by atoms with van der Waals surface area (Å²) in [5.41, 5.74) is 5.78. The van der Waals surface area contributed by atoms with Gasteiger partial charge in [0.2, 0.25) is 0 Å². The molecule has 1 aromatic carbocycles. The number of aromatic nitrogens is 4. The number of nitrogens with zero attached hydrogens (tertiary/aromatic N) is 4. The van der Waals surface area contributed by atoms with Gasteiger partial charge in [-0.25, -0.2) is 4.98 Å². The van der Waals surface area contributed by atoms with E-state index in [1.807, 2.05) is 38.4 Å². The molecule has 8 nitrogen and oxygen atoms in total. The van der Waals surface area contributed by atoms with Gasteiger partial charge in [0.05, 0.1) is 17.6 Å². The highest BCUT2D eigenvalue weighted by Gasteiger charge is 2.19. The Labute approximate surface area is 199 Å². The van der Waals surface area contributed by atoms with Crippen LogP contribution in [0.2, 0.25) is 0 Å². The van der Waals surface area contributed by atoms with Crippen LogP contribution in [0.5, 0.6) is 0 Å². The van der Waals surface area contributed by atoms with Gasteiger partial charge in [-0.15, -0.1) is 0 Å². The molecule has 0 radical (unpaired) electrons. The molecule has 5 rings (SSSR count). The molecule has 176 valence electrons. The zero-order valence-electron chi connectivity index (χ0n) is 19.3. The SMILES string of the molecule is CNCc1ccc(-c2cc(-c3nc(-c4ccc(=O)n(C5CCOCC5)c4)cnc3C)on2)cc1.[HH]. The summed E-state index contributed by atoms with van der Waals surface area (Å²) in [6, 6.07) is 13.6. The molecule has 3 aromatic heterocycles. The first-order valence-electron chi connectivity index (χ1n) is 11.5. The molecule has 0 amide bonds. The molecule has 0 spiro atoms. The number of benzene rings is 1. The van der Waals surface area contributed by atoms with Crippen LogP contribution in [0.3, 0.4) is 0 Å². The van der Waals surface area contributed by atoms with Gasteiger partial charge in [-0.1, -0.05) is 29.4 Å². The van der Waals surface area contributed by atoms with Crippen molar-refractivity contribution in [2.45, 2.75) is 32.4 Å². The zero-order valence-corrected chi connectivity index (χ0v) is 19.3. The number of rotatable bonds is 6. The van der Waals surface area contributed by atoms with Crippen LogP contribution in [0.4, 0.5) is 0 Å². The second kappa shape index (κ2) is 9.70. The summed E-state index contributed by atoms with van der Waals surface area (Å²) in [7, 11) is 1.93. The van der Waals surface area contributed by atoms with Crippen molar-refractivity contribution in [3.63, 3.8) is 0 Å². The molecule has 4 aromatic rings. The molecule has 0 atom stereocenters. The zero-order chi connectivity index (χ0) is 23.5. The van der Waals surface area contributed by atoms with Gasteiger partial charge >= 0.3 is 0 Å². The van der Waals surface area contributed by atoms with Gasteiger partial charge in [-0.2, -0.15) is 0 Å². The maximum Gasteiger partial charge on any atom is 0.250 e. The normalized spacial score (nSPS) is 14.4. The summed E-state index contributed by atoms with van der Waals surface area (Å²) in [5, 5.41) is 7.40. The van der Waals surface area contributed by atoms with E-state index in [2.05, 4.69) is 27.6 Å². The van der Waals surface area contributed by atoms with Crippen LogP contribution in [0.15, 0.2) is 64.2 Å². The summed E-state index contributed by atoms with van der Waals surface area (Å²) >= 11 is 0. The van der Waals surface area contributed by atoms with Crippen molar-refractivity contribution in [2.75, 3.05) is 20.3 Å². The first-order chi connectivity index (χ1) is 16.6. The molecule has 1 aliphatic rings. The largest absolute Gasteiger partial charge is 0.381 e. The quantitative estimate of drug-likeness (QED) is 0.460. The average molecular weight is 460 g/mol. The molecular formula is C26H29N5O3. The number of pyridine rings is 1. The molecule has 1 fully saturated rings. The van der Waals surface area contributed by atoms with E-state index in [0.717, 1.165) is 41.9 Å². The molecule has 0 bridgehead atoms. The fraction of sp³-hybridized carbons (Fsp3) is 0.308. The molecule has 4 heterocycles. The maximum atomic E-state index is 12.5. The third-order valence-electron chi connectivity index (χ3n) is 6.15. The Balaban J connectivity index is 0.00000289. The predicted octanol–water partition coefficient (Wildman–Crippen LogP) is 4.25. The Morgan fingerprint density at radius 3 is 2.62 bits per heavy atom. The van der Waals surface area contributed by atoms with Gasteiger partial charge in [0.15, 0.2) is 5.76 Å². The van der Waals surface area contributed by atoms with Crippen LogP contribution < -0.4 is 10.9 Å². The van der Waals surface area contributed by atoms with Gasteiger partial charge in [0.1, 0.15) is 11.4 Å². The molecular weight excluding hydrogens is 430 g/mol.